The van der Waals surface area contributed by atoms with Crippen LogP contribution in [-0.2, 0) is 4.74 Å². The highest BCUT2D eigenvalue weighted by atomic mass is 16.9. The van der Waals surface area contributed by atoms with E-state index in [-0.39, 0.29) is 6.10 Å². The lowest BCUT2D eigenvalue weighted by atomic mass is 9.77. The Balaban J connectivity index is 0.000000317. The molecule has 2 atom stereocenters. The van der Waals surface area contributed by atoms with Crippen LogP contribution in [0.25, 0.3) is 0 Å². The average Bonchev–Trinajstić information content (AvgIpc) is 2.29. The average molecular weight is 247 g/mol. The summed E-state index contributed by atoms with van der Waals surface area (Å²) in [5.74, 6) is 1.48. The first-order valence-electron chi connectivity index (χ1n) is 6.18. The number of ether oxygens (including phenoxy) is 1. The van der Waals surface area contributed by atoms with E-state index < -0.39 is 5.09 Å². The number of hydrogen-bond donors (Lipinski definition) is 2. The summed E-state index contributed by atoms with van der Waals surface area (Å²) < 4.78 is 5.40. The summed E-state index contributed by atoms with van der Waals surface area (Å²) >= 11 is 0. The topological polar surface area (TPSA) is 92.8 Å². The van der Waals surface area contributed by atoms with Crippen molar-refractivity contribution in [3.8, 4) is 0 Å². The van der Waals surface area contributed by atoms with Crippen LogP contribution in [-0.4, -0.2) is 34.7 Å². The Bertz CT molecular complexity index is 226. The maximum atomic E-state index is 9.49. The van der Waals surface area contributed by atoms with Gasteiger partial charge in [0.15, 0.2) is 0 Å². The molecule has 0 spiro atoms. The first-order valence-corrected chi connectivity index (χ1v) is 6.18. The summed E-state index contributed by atoms with van der Waals surface area (Å²) in [6.07, 6.45) is 7.69. The fraction of sp³-hybridized carbons (Fsp3) is 1.00. The molecule has 0 bridgehead atoms. The largest absolute Gasteiger partial charge is 0.391 e. The minimum atomic E-state index is -1.50. The molecule has 0 radical (unpaired) electrons. The third-order valence-electron chi connectivity index (χ3n) is 3.53. The number of aliphatic hydroxyl groups excluding tert-OH is 1. The van der Waals surface area contributed by atoms with Gasteiger partial charge in [0.1, 0.15) is 0 Å². The van der Waals surface area contributed by atoms with Crippen molar-refractivity contribution >= 4 is 0 Å². The van der Waals surface area contributed by atoms with Gasteiger partial charge in [-0.25, -0.2) is 0 Å². The SMILES string of the molecule is O=[N+]([O-])O.OC1COCC(C2CCCCC2)C1. The first kappa shape index (κ1) is 14.2. The van der Waals surface area contributed by atoms with Crippen LogP contribution in [0.5, 0.6) is 0 Å². The zero-order chi connectivity index (χ0) is 12.7. The molecule has 1 saturated heterocycles. The Morgan fingerprint density at radius 1 is 1.12 bits per heavy atom. The molecule has 0 amide bonds. The van der Waals surface area contributed by atoms with E-state index in [1.54, 1.807) is 0 Å². The Morgan fingerprint density at radius 2 is 1.71 bits per heavy atom. The summed E-state index contributed by atoms with van der Waals surface area (Å²) in [6.45, 7) is 1.45. The van der Waals surface area contributed by atoms with E-state index in [0.717, 1.165) is 18.9 Å². The monoisotopic (exact) mass is 247 g/mol. The van der Waals surface area contributed by atoms with Crippen molar-refractivity contribution in [2.24, 2.45) is 11.8 Å². The van der Waals surface area contributed by atoms with Crippen LogP contribution in [0, 0.1) is 22.0 Å². The number of nitrogens with zero attached hydrogens (tertiary/aromatic N) is 1. The standard InChI is InChI=1S/C11H20O2.HNO3/c12-11-6-10(7-13-8-11)9-4-2-1-3-5-9;2-1(3)4/h9-12H,1-8H2;(H,2,3,4). The van der Waals surface area contributed by atoms with Gasteiger partial charge in [-0.15, -0.1) is 10.1 Å². The maximum Gasteiger partial charge on any atom is 0.291 e. The molecule has 100 valence electrons. The molecule has 1 aliphatic heterocycles. The first-order chi connectivity index (χ1) is 8.09. The second-order valence-corrected chi connectivity index (χ2v) is 4.82. The van der Waals surface area contributed by atoms with Gasteiger partial charge in [-0.3, -0.25) is 0 Å². The van der Waals surface area contributed by atoms with E-state index in [4.69, 9.17) is 20.1 Å². The number of hydrogen-bond acceptors (Lipinski definition) is 4. The Labute approximate surface area is 101 Å². The lowest BCUT2D eigenvalue weighted by Crippen LogP contribution is -2.34. The van der Waals surface area contributed by atoms with E-state index in [1.807, 2.05) is 0 Å². The van der Waals surface area contributed by atoms with Crippen LogP contribution in [0.1, 0.15) is 38.5 Å². The normalized spacial score (nSPS) is 30.2. The van der Waals surface area contributed by atoms with Crippen molar-refractivity contribution in [2.75, 3.05) is 13.2 Å². The fourth-order valence-electron chi connectivity index (χ4n) is 2.78. The molecule has 2 unspecified atom stereocenters. The van der Waals surface area contributed by atoms with Crippen molar-refractivity contribution < 1.29 is 20.1 Å². The summed E-state index contributed by atoms with van der Waals surface area (Å²) in [4.78, 5) is 8.36. The predicted molar refractivity (Wildman–Crippen MR) is 60.3 cm³/mol. The van der Waals surface area contributed by atoms with Crippen LogP contribution in [0.15, 0.2) is 0 Å². The molecule has 1 aliphatic carbocycles. The van der Waals surface area contributed by atoms with Gasteiger partial charge in [-0.2, -0.15) is 0 Å². The van der Waals surface area contributed by atoms with Crippen molar-refractivity contribution in [1.82, 2.24) is 0 Å². The van der Waals surface area contributed by atoms with E-state index >= 15 is 0 Å². The molecule has 2 fully saturated rings. The van der Waals surface area contributed by atoms with Crippen molar-refractivity contribution in [2.45, 2.75) is 44.6 Å². The summed E-state index contributed by atoms with van der Waals surface area (Å²) in [6, 6.07) is 0. The molecule has 6 nitrogen and oxygen atoms in total. The van der Waals surface area contributed by atoms with E-state index in [1.165, 1.54) is 32.1 Å². The van der Waals surface area contributed by atoms with Crippen LogP contribution >= 0.6 is 0 Å². The molecule has 1 heterocycles. The molecule has 1 saturated carbocycles. The van der Waals surface area contributed by atoms with Crippen molar-refractivity contribution in [3.63, 3.8) is 0 Å². The zero-order valence-corrected chi connectivity index (χ0v) is 9.96. The minimum absolute atomic E-state index is 0.194. The lowest BCUT2D eigenvalue weighted by Gasteiger charge is -2.34. The van der Waals surface area contributed by atoms with E-state index in [0.29, 0.717) is 12.5 Å². The van der Waals surface area contributed by atoms with Crippen molar-refractivity contribution in [1.29, 1.82) is 0 Å². The van der Waals surface area contributed by atoms with Crippen LogP contribution < -0.4 is 0 Å². The highest BCUT2D eigenvalue weighted by Gasteiger charge is 2.28. The molecule has 0 aromatic carbocycles. The van der Waals surface area contributed by atoms with Crippen molar-refractivity contribution in [3.05, 3.63) is 10.1 Å². The van der Waals surface area contributed by atoms with Crippen LogP contribution in [0.3, 0.4) is 0 Å². The molecule has 0 aromatic rings. The van der Waals surface area contributed by atoms with E-state index in [9.17, 15) is 5.11 Å². The molecule has 0 aromatic heterocycles. The number of aliphatic hydroxyl groups is 1. The molecule has 17 heavy (non-hydrogen) atoms. The maximum absolute atomic E-state index is 9.49. The minimum Gasteiger partial charge on any atom is -0.391 e. The molecule has 2 rings (SSSR count). The highest BCUT2D eigenvalue weighted by Crippen LogP contribution is 2.34. The second kappa shape index (κ2) is 7.45. The van der Waals surface area contributed by atoms with Crippen LogP contribution in [0.4, 0.5) is 0 Å². The van der Waals surface area contributed by atoms with Gasteiger partial charge in [0.25, 0.3) is 5.09 Å². The predicted octanol–water partition coefficient (Wildman–Crippen LogP) is 1.62. The zero-order valence-electron chi connectivity index (χ0n) is 9.96. The van der Waals surface area contributed by atoms with Gasteiger partial charge in [0.2, 0.25) is 0 Å². The second-order valence-electron chi connectivity index (χ2n) is 4.82. The summed E-state index contributed by atoms with van der Waals surface area (Å²) in [5, 5.41) is 23.1. The van der Waals surface area contributed by atoms with Gasteiger partial charge >= 0.3 is 0 Å². The Kier molecular flexibility index (Phi) is 6.21. The van der Waals surface area contributed by atoms with Gasteiger partial charge in [0.05, 0.1) is 12.7 Å². The summed E-state index contributed by atoms with van der Waals surface area (Å²) in [5.41, 5.74) is 0. The molecule has 2 N–H and O–H groups in total. The molecule has 6 heteroatoms. The highest BCUT2D eigenvalue weighted by molar-refractivity contribution is 4.78. The third kappa shape index (κ3) is 5.83. The van der Waals surface area contributed by atoms with Gasteiger partial charge < -0.3 is 15.1 Å². The molecular weight excluding hydrogens is 226 g/mol. The molecular formula is C11H21NO5. The van der Waals surface area contributed by atoms with Gasteiger partial charge in [0, 0.05) is 6.61 Å². The van der Waals surface area contributed by atoms with Gasteiger partial charge in [-0.1, -0.05) is 32.1 Å². The smallest absolute Gasteiger partial charge is 0.291 e. The summed E-state index contributed by atoms with van der Waals surface area (Å²) in [7, 11) is 0. The Morgan fingerprint density at radius 3 is 2.24 bits per heavy atom. The third-order valence-corrected chi connectivity index (χ3v) is 3.53. The Hall–Kier alpha value is -0.880. The quantitative estimate of drug-likeness (QED) is 0.542. The van der Waals surface area contributed by atoms with Crippen LogP contribution in [0.2, 0.25) is 0 Å². The number of rotatable bonds is 1. The van der Waals surface area contributed by atoms with Gasteiger partial charge in [-0.05, 0) is 18.3 Å². The fourth-order valence-corrected chi connectivity index (χ4v) is 2.78. The molecule has 2 aliphatic rings. The lowest BCUT2D eigenvalue weighted by molar-refractivity contribution is -0.742. The van der Waals surface area contributed by atoms with E-state index in [2.05, 4.69) is 0 Å².